The van der Waals surface area contributed by atoms with Crippen LogP contribution in [-0.4, -0.2) is 34.0 Å². The van der Waals surface area contributed by atoms with Crippen molar-refractivity contribution >= 4 is 21.8 Å². The van der Waals surface area contributed by atoms with Gasteiger partial charge in [-0.1, -0.05) is 79.4 Å². The minimum Gasteiger partial charge on any atom is -0.342 e. The molecule has 1 aromatic heterocycles. The predicted molar refractivity (Wildman–Crippen MR) is 128 cm³/mol. The van der Waals surface area contributed by atoms with Crippen LogP contribution in [0.5, 0.6) is 0 Å². The van der Waals surface area contributed by atoms with E-state index in [-0.39, 0.29) is 11.8 Å². The first-order chi connectivity index (χ1) is 15.2. The molecule has 2 heterocycles. The quantitative estimate of drug-likeness (QED) is 0.297. The lowest BCUT2D eigenvalue weighted by molar-refractivity contribution is -0.132. The van der Waals surface area contributed by atoms with Crippen LogP contribution in [-0.2, 0) is 4.79 Å². The summed E-state index contributed by atoms with van der Waals surface area (Å²) in [5.74, 6) is 1.68. The van der Waals surface area contributed by atoms with E-state index in [4.69, 9.17) is 4.52 Å². The van der Waals surface area contributed by atoms with Gasteiger partial charge in [-0.2, -0.15) is 4.98 Å². The predicted octanol–water partition coefficient (Wildman–Crippen LogP) is 7.13. The number of amides is 1. The molecule has 5 nitrogen and oxygen atoms in total. The van der Waals surface area contributed by atoms with E-state index >= 15 is 0 Å². The van der Waals surface area contributed by atoms with Gasteiger partial charge in [-0.3, -0.25) is 4.79 Å². The number of benzene rings is 1. The molecule has 6 heteroatoms. The van der Waals surface area contributed by atoms with Crippen molar-refractivity contribution in [2.24, 2.45) is 0 Å². The Kier molecular flexibility index (Phi) is 10.0. The summed E-state index contributed by atoms with van der Waals surface area (Å²) in [6.45, 7) is 3.80. The summed E-state index contributed by atoms with van der Waals surface area (Å²) in [5, 5.41) is 4.16. The van der Waals surface area contributed by atoms with E-state index in [2.05, 4.69) is 33.0 Å². The van der Waals surface area contributed by atoms with Crippen molar-refractivity contribution in [2.45, 2.75) is 89.9 Å². The minimum atomic E-state index is 0.137. The van der Waals surface area contributed by atoms with Gasteiger partial charge in [-0.25, -0.2) is 0 Å². The summed E-state index contributed by atoms with van der Waals surface area (Å²) >= 11 is 3.45. The van der Waals surface area contributed by atoms with Crippen LogP contribution in [0.25, 0.3) is 11.4 Å². The summed E-state index contributed by atoms with van der Waals surface area (Å²) in [4.78, 5) is 19.3. The lowest BCUT2D eigenvalue weighted by Gasteiger charge is -2.31. The van der Waals surface area contributed by atoms with Gasteiger partial charge in [0, 0.05) is 29.5 Å². The first kappa shape index (κ1) is 24.0. The summed E-state index contributed by atoms with van der Waals surface area (Å²) in [6.07, 6.45) is 14.1. The molecule has 0 aliphatic carbocycles. The number of hydrogen-bond acceptors (Lipinski definition) is 4. The van der Waals surface area contributed by atoms with Crippen molar-refractivity contribution in [1.29, 1.82) is 0 Å². The van der Waals surface area contributed by atoms with Crippen molar-refractivity contribution in [1.82, 2.24) is 15.0 Å². The van der Waals surface area contributed by atoms with Crippen molar-refractivity contribution in [2.75, 3.05) is 13.1 Å². The first-order valence-electron chi connectivity index (χ1n) is 12.0. The molecule has 1 unspecified atom stereocenters. The fourth-order valence-corrected chi connectivity index (χ4v) is 4.53. The van der Waals surface area contributed by atoms with Gasteiger partial charge in [0.1, 0.15) is 0 Å². The summed E-state index contributed by atoms with van der Waals surface area (Å²) in [5.41, 5.74) is 0.937. The van der Waals surface area contributed by atoms with E-state index in [1.807, 2.05) is 29.2 Å². The molecular weight excluding hydrogens is 454 g/mol. The molecule has 1 fully saturated rings. The molecule has 1 atom stereocenters. The van der Waals surface area contributed by atoms with Crippen molar-refractivity contribution in [3.05, 3.63) is 34.6 Å². The number of halogens is 1. The Morgan fingerprint density at radius 2 is 1.74 bits per heavy atom. The molecule has 0 bridgehead atoms. The third kappa shape index (κ3) is 7.74. The molecule has 3 rings (SSSR count). The molecule has 1 aliphatic heterocycles. The number of piperidine rings is 1. The number of unbranched alkanes of at least 4 members (excludes halogenated alkanes) is 8. The molecule has 1 aliphatic rings. The second-order valence-electron chi connectivity index (χ2n) is 8.72. The largest absolute Gasteiger partial charge is 0.342 e. The summed E-state index contributed by atoms with van der Waals surface area (Å²) in [7, 11) is 0. The van der Waals surface area contributed by atoms with E-state index in [9.17, 15) is 4.79 Å². The van der Waals surface area contributed by atoms with Crippen LogP contribution < -0.4 is 0 Å². The topological polar surface area (TPSA) is 59.2 Å². The van der Waals surface area contributed by atoms with Crippen LogP contribution in [0.15, 0.2) is 33.3 Å². The molecule has 0 saturated carbocycles. The SMILES string of the molecule is CCCCCCCCCCCC(=O)N1CCCC(c2nc(-c3ccc(Br)cc3)no2)C1. The van der Waals surface area contributed by atoms with Gasteiger partial charge in [-0.05, 0) is 43.5 Å². The first-order valence-corrected chi connectivity index (χ1v) is 12.8. The molecule has 1 saturated heterocycles. The van der Waals surface area contributed by atoms with E-state index in [1.165, 1.54) is 44.9 Å². The zero-order valence-corrected chi connectivity index (χ0v) is 20.4. The van der Waals surface area contributed by atoms with Gasteiger partial charge in [0.05, 0.1) is 5.92 Å². The lowest BCUT2D eigenvalue weighted by Crippen LogP contribution is -2.39. The number of aromatic nitrogens is 2. The average molecular weight is 490 g/mol. The van der Waals surface area contributed by atoms with Crippen LogP contribution >= 0.6 is 15.9 Å². The maximum atomic E-state index is 12.7. The lowest BCUT2D eigenvalue weighted by atomic mass is 9.97. The average Bonchev–Trinajstić information content (AvgIpc) is 3.29. The smallest absolute Gasteiger partial charge is 0.231 e. The van der Waals surface area contributed by atoms with Gasteiger partial charge in [-0.15, -0.1) is 0 Å². The maximum absolute atomic E-state index is 12.7. The van der Waals surface area contributed by atoms with Gasteiger partial charge in [0.15, 0.2) is 0 Å². The molecule has 0 N–H and O–H groups in total. The fraction of sp³-hybridized carbons (Fsp3) is 0.640. The normalized spacial score (nSPS) is 16.6. The number of nitrogens with zero attached hydrogens (tertiary/aromatic N) is 3. The monoisotopic (exact) mass is 489 g/mol. The van der Waals surface area contributed by atoms with Crippen LogP contribution in [0.3, 0.4) is 0 Å². The van der Waals surface area contributed by atoms with Gasteiger partial charge < -0.3 is 9.42 Å². The fourth-order valence-electron chi connectivity index (χ4n) is 4.27. The highest BCUT2D eigenvalue weighted by Gasteiger charge is 2.28. The molecule has 0 spiro atoms. The Hall–Kier alpha value is -1.69. The number of carbonyl (C=O) groups is 1. The molecule has 1 aromatic carbocycles. The second-order valence-corrected chi connectivity index (χ2v) is 9.64. The van der Waals surface area contributed by atoms with Crippen LogP contribution in [0.1, 0.15) is 95.8 Å². The zero-order chi connectivity index (χ0) is 21.9. The zero-order valence-electron chi connectivity index (χ0n) is 18.8. The Morgan fingerprint density at radius 1 is 1.06 bits per heavy atom. The van der Waals surface area contributed by atoms with Gasteiger partial charge >= 0.3 is 0 Å². The van der Waals surface area contributed by atoms with Crippen LogP contribution in [0.4, 0.5) is 0 Å². The molecular formula is C25H36BrN3O2. The van der Waals surface area contributed by atoms with E-state index < -0.39 is 0 Å². The molecule has 1 amide bonds. The van der Waals surface area contributed by atoms with Gasteiger partial charge in [0.25, 0.3) is 0 Å². The third-order valence-electron chi connectivity index (χ3n) is 6.16. The Balaban J connectivity index is 1.39. The van der Waals surface area contributed by atoms with Gasteiger partial charge in [0.2, 0.25) is 17.6 Å². The molecule has 31 heavy (non-hydrogen) atoms. The Morgan fingerprint density at radius 3 is 2.45 bits per heavy atom. The molecule has 0 radical (unpaired) electrons. The highest BCUT2D eigenvalue weighted by atomic mass is 79.9. The highest BCUT2D eigenvalue weighted by molar-refractivity contribution is 9.10. The van der Waals surface area contributed by atoms with Crippen LogP contribution in [0, 0.1) is 0 Å². The number of rotatable bonds is 12. The third-order valence-corrected chi connectivity index (χ3v) is 6.69. The van der Waals surface area contributed by atoms with Crippen molar-refractivity contribution < 1.29 is 9.32 Å². The number of likely N-dealkylation sites (tertiary alicyclic amines) is 1. The Labute approximate surface area is 195 Å². The van der Waals surface area contributed by atoms with Crippen molar-refractivity contribution in [3.8, 4) is 11.4 Å². The maximum Gasteiger partial charge on any atom is 0.231 e. The van der Waals surface area contributed by atoms with E-state index in [0.717, 1.165) is 42.3 Å². The van der Waals surface area contributed by atoms with E-state index in [1.54, 1.807) is 0 Å². The number of carbonyl (C=O) groups excluding carboxylic acids is 1. The summed E-state index contributed by atoms with van der Waals surface area (Å²) in [6, 6.07) is 7.89. The van der Waals surface area contributed by atoms with Crippen LogP contribution in [0.2, 0.25) is 0 Å². The van der Waals surface area contributed by atoms with Crippen molar-refractivity contribution in [3.63, 3.8) is 0 Å². The minimum absolute atomic E-state index is 0.137. The Bertz CT molecular complexity index is 790. The van der Waals surface area contributed by atoms with E-state index in [0.29, 0.717) is 24.7 Å². The molecule has 170 valence electrons. The highest BCUT2D eigenvalue weighted by Crippen LogP contribution is 2.28. The summed E-state index contributed by atoms with van der Waals surface area (Å²) < 4.78 is 6.59. The molecule has 2 aromatic rings. The number of hydrogen-bond donors (Lipinski definition) is 0. The second kappa shape index (κ2) is 13.0. The standard InChI is InChI=1S/C25H36BrN3O2/c1-2-3-4-5-6-7-8-9-10-13-23(30)29-18-11-12-21(19-29)25-27-24(28-31-25)20-14-16-22(26)17-15-20/h14-17,21H,2-13,18-19H2,1H3.